The third kappa shape index (κ3) is 12.6. The molecule has 0 aromatic heterocycles. The average Bonchev–Trinajstić information content (AvgIpc) is 2.90. The number of aliphatic carboxylic acids is 2. The Bertz CT molecular complexity index is 1030. The molecule has 0 aliphatic carbocycles. The standard InChI is InChI=1S/C26H41N7O7/c1-3-15(2)21(25(39)40)33-24(38)19(14-16-8-5-4-6-9-16)32-23(37)18(11-12-20(34)35)31-22(36)17(27)10-7-13-30-26(28)29/h4-6,8-9,15,17-19,21H,3,7,10-14,27H2,1-2H3,(H,31,36)(H,32,37)(H,33,38)(H,34,35)(H,39,40)(H4,28,29,30). The number of hydrogen-bond donors (Lipinski definition) is 8. The summed E-state index contributed by atoms with van der Waals surface area (Å²) in [5.74, 6) is -5.12. The molecule has 0 bridgehead atoms. The van der Waals surface area contributed by atoms with Crippen molar-refractivity contribution in [1.29, 1.82) is 0 Å². The number of carbonyl (C=O) groups is 5. The van der Waals surface area contributed by atoms with Crippen LogP contribution >= 0.6 is 0 Å². The number of rotatable bonds is 18. The fourth-order valence-corrected chi connectivity index (χ4v) is 3.73. The van der Waals surface area contributed by atoms with Gasteiger partial charge in [-0.15, -0.1) is 0 Å². The van der Waals surface area contributed by atoms with E-state index in [-0.39, 0.29) is 37.7 Å². The Labute approximate surface area is 233 Å². The van der Waals surface area contributed by atoms with Crippen LogP contribution in [0.3, 0.4) is 0 Å². The molecule has 3 amide bonds. The quantitative estimate of drug-likeness (QED) is 0.0618. The molecule has 14 nitrogen and oxygen atoms in total. The smallest absolute Gasteiger partial charge is 0.326 e. The van der Waals surface area contributed by atoms with Crippen LogP contribution in [0.2, 0.25) is 0 Å². The minimum atomic E-state index is -1.32. The highest BCUT2D eigenvalue weighted by molar-refractivity contribution is 5.94. The molecule has 0 aliphatic heterocycles. The normalized spacial score (nSPS) is 14.5. The first-order chi connectivity index (χ1) is 18.8. The van der Waals surface area contributed by atoms with Crippen LogP contribution in [-0.2, 0) is 30.4 Å². The van der Waals surface area contributed by atoms with Crippen LogP contribution in [-0.4, -0.2) is 76.5 Å². The number of guanidine groups is 1. The zero-order valence-corrected chi connectivity index (χ0v) is 22.8. The summed E-state index contributed by atoms with van der Waals surface area (Å²) in [6.45, 7) is 3.72. The molecule has 0 saturated heterocycles. The molecule has 1 aromatic carbocycles. The zero-order chi connectivity index (χ0) is 30.2. The number of carboxylic acids is 2. The van der Waals surface area contributed by atoms with E-state index in [9.17, 15) is 29.1 Å². The van der Waals surface area contributed by atoms with Crippen molar-refractivity contribution in [1.82, 2.24) is 16.0 Å². The largest absolute Gasteiger partial charge is 0.481 e. The van der Waals surface area contributed by atoms with Gasteiger partial charge in [-0.2, -0.15) is 0 Å². The van der Waals surface area contributed by atoms with E-state index in [1.165, 1.54) is 0 Å². The van der Waals surface area contributed by atoms with E-state index >= 15 is 0 Å². The number of amides is 3. The van der Waals surface area contributed by atoms with Gasteiger partial charge in [-0.3, -0.25) is 24.2 Å². The molecule has 0 saturated carbocycles. The lowest BCUT2D eigenvalue weighted by molar-refractivity contribution is -0.143. The molecule has 0 radical (unpaired) electrons. The molecular weight excluding hydrogens is 522 g/mol. The predicted molar refractivity (Wildman–Crippen MR) is 148 cm³/mol. The maximum atomic E-state index is 13.3. The summed E-state index contributed by atoms with van der Waals surface area (Å²) in [5.41, 5.74) is 17.1. The first kappa shape index (κ1) is 33.8. The molecular formula is C26H41N7O7. The molecule has 5 unspecified atom stereocenters. The lowest BCUT2D eigenvalue weighted by Crippen LogP contribution is -2.58. The fourth-order valence-electron chi connectivity index (χ4n) is 3.73. The van der Waals surface area contributed by atoms with E-state index in [4.69, 9.17) is 22.3 Å². The Morgan fingerprint density at radius 1 is 0.900 bits per heavy atom. The number of carboxylic acid groups (broad SMARTS) is 2. The Hall–Kier alpha value is -4.20. The summed E-state index contributed by atoms with van der Waals surface area (Å²) in [6, 6.07) is 4.00. The summed E-state index contributed by atoms with van der Waals surface area (Å²) in [6.07, 6.45) is 0.387. The molecule has 11 N–H and O–H groups in total. The molecule has 5 atom stereocenters. The van der Waals surface area contributed by atoms with Gasteiger partial charge in [-0.05, 0) is 30.7 Å². The second-order valence-electron chi connectivity index (χ2n) is 9.51. The van der Waals surface area contributed by atoms with Crippen molar-refractivity contribution >= 4 is 35.6 Å². The summed E-state index contributed by atoms with van der Waals surface area (Å²) in [4.78, 5) is 65.9. The number of carbonyl (C=O) groups excluding carboxylic acids is 3. The topological polar surface area (TPSA) is 252 Å². The maximum Gasteiger partial charge on any atom is 0.326 e. The number of aliphatic imine (C=N–C) groups is 1. The second-order valence-corrected chi connectivity index (χ2v) is 9.51. The van der Waals surface area contributed by atoms with E-state index in [1.54, 1.807) is 44.2 Å². The summed E-state index contributed by atoms with van der Waals surface area (Å²) in [5, 5.41) is 26.3. The van der Waals surface area contributed by atoms with E-state index in [0.29, 0.717) is 18.4 Å². The molecule has 1 rings (SSSR count). The van der Waals surface area contributed by atoms with Crippen molar-refractivity contribution < 1.29 is 34.2 Å². The summed E-state index contributed by atoms with van der Waals surface area (Å²) < 4.78 is 0. The Kier molecular flexibility index (Phi) is 14.7. The van der Waals surface area contributed by atoms with Crippen molar-refractivity contribution in [3.05, 3.63) is 35.9 Å². The van der Waals surface area contributed by atoms with E-state index < -0.39 is 60.2 Å². The van der Waals surface area contributed by atoms with Crippen LogP contribution in [0.15, 0.2) is 35.3 Å². The highest BCUT2D eigenvalue weighted by Gasteiger charge is 2.32. The van der Waals surface area contributed by atoms with Gasteiger partial charge in [0.1, 0.15) is 18.1 Å². The Morgan fingerprint density at radius 2 is 1.50 bits per heavy atom. The van der Waals surface area contributed by atoms with Gasteiger partial charge in [0.25, 0.3) is 0 Å². The first-order valence-electron chi connectivity index (χ1n) is 13.1. The molecule has 14 heteroatoms. The number of hydrogen-bond acceptors (Lipinski definition) is 7. The second kappa shape index (κ2) is 17.4. The number of benzene rings is 1. The lowest BCUT2D eigenvalue weighted by atomic mass is 9.98. The third-order valence-electron chi connectivity index (χ3n) is 6.28. The fraction of sp³-hybridized carbons (Fsp3) is 0.538. The minimum Gasteiger partial charge on any atom is -0.481 e. The minimum absolute atomic E-state index is 0.0230. The van der Waals surface area contributed by atoms with Crippen molar-refractivity contribution in [3.63, 3.8) is 0 Å². The van der Waals surface area contributed by atoms with E-state index in [1.807, 2.05) is 0 Å². The van der Waals surface area contributed by atoms with Gasteiger partial charge in [0.15, 0.2) is 5.96 Å². The van der Waals surface area contributed by atoms with Crippen LogP contribution in [0, 0.1) is 5.92 Å². The molecule has 40 heavy (non-hydrogen) atoms. The number of nitrogens with zero attached hydrogens (tertiary/aromatic N) is 1. The maximum absolute atomic E-state index is 13.3. The van der Waals surface area contributed by atoms with Crippen LogP contribution in [0.5, 0.6) is 0 Å². The van der Waals surface area contributed by atoms with E-state index in [0.717, 1.165) is 0 Å². The van der Waals surface area contributed by atoms with Gasteiger partial charge in [-0.1, -0.05) is 50.6 Å². The van der Waals surface area contributed by atoms with E-state index in [2.05, 4.69) is 20.9 Å². The van der Waals surface area contributed by atoms with Crippen molar-refractivity contribution in [2.24, 2.45) is 28.1 Å². The van der Waals surface area contributed by atoms with Gasteiger partial charge < -0.3 is 43.4 Å². The van der Waals surface area contributed by atoms with Crippen LogP contribution in [0.1, 0.15) is 51.5 Å². The number of nitrogens with two attached hydrogens (primary N) is 3. The highest BCUT2D eigenvalue weighted by Crippen LogP contribution is 2.11. The molecule has 222 valence electrons. The van der Waals surface area contributed by atoms with Gasteiger partial charge in [0.2, 0.25) is 17.7 Å². The molecule has 0 aliphatic rings. The first-order valence-corrected chi connectivity index (χ1v) is 13.1. The number of nitrogens with one attached hydrogen (secondary N) is 3. The molecule has 0 fully saturated rings. The summed E-state index contributed by atoms with van der Waals surface area (Å²) in [7, 11) is 0. The zero-order valence-electron chi connectivity index (χ0n) is 22.8. The van der Waals surface area contributed by atoms with Gasteiger partial charge in [-0.25, -0.2) is 4.79 Å². The molecule has 0 heterocycles. The summed E-state index contributed by atoms with van der Waals surface area (Å²) >= 11 is 0. The highest BCUT2D eigenvalue weighted by atomic mass is 16.4. The predicted octanol–water partition coefficient (Wildman–Crippen LogP) is -0.940. The average molecular weight is 564 g/mol. The van der Waals surface area contributed by atoms with Gasteiger partial charge >= 0.3 is 11.9 Å². The van der Waals surface area contributed by atoms with Crippen molar-refractivity contribution in [2.45, 2.75) is 76.5 Å². The van der Waals surface area contributed by atoms with Crippen molar-refractivity contribution in [2.75, 3.05) is 6.54 Å². The van der Waals surface area contributed by atoms with Crippen LogP contribution in [0.4, 0.5) is 0 Å². The van der Waals surface area contributed by atoms with Gasteiger partial charge in [0, 0.05) is 19.4 Å². The third-order valence-corrected chi connectivity index (χ3v) is 6.28. The monoisotopic (exact) mass is 563 g/mol. The SMILES string of the molecule is CCC(C)C(NC(=O)C(Cc1ccccc1)NC(=O)C(CCC(=O)O)NC(=O)C(N)CCCN=C(N)N)C(=O)O. The Morgan fingerprint density at radius 3 is 2.05 bits per heavy atom. The lowest BCUT2D eigenvalue weighted by Gasteiger charge is -2.26. The van der Waals surface area contributed by atoms with Crippen molar-refractivity contribution in [3.8, 4) is 0 Å². The van der Waals surface area contributed by atoms with Gasteiger partial charge in [0.05, 0.1) is 6.04 Å². The molecule has 1 aromatic rings. The van der Waals surface area contributed by atoms with Crippen LogP contribution in [0.25, 0.3) is 0 Å². The van der Waals surface area contributed by atoms with Crippen LogP contribution < -0.4 is 33.2 Å². The molecule has 0 spiro atoms. The Balaban J connectivity index is 3.10.